The number of hydrogen-bond acceptors (Lipinski definition) is 9. The van der Waals surface area contributed by atoms with Crippen molar-refractivity contribution in [1.29, 1.82) is 0 Å². The minimum Gasteiger partial charge on any atom is -0.377 e. The van der Waals surface area contributed by atoms with E-state index in [0.717, 1.165) is 28.6 Å². The van der Waals surface area contributed by atoms with Gasteiger partial charge >= 0.3 is 0 Å². The van der Waals surface area contributed by atoms with Gasteiger partial charge in [-0.15, -0.1) is 20.4 Å². The van der Waals surface area contributed by atoms with E-state index in [1.807, 2.05) is 41.0 Å². The fourth-order valence-electron chi connectivity index (χ4n) is 3.14. The number of hydrogen-bond donors (Lipinski definition) is 1. The maximum Gasteiger partial charge on any atom is 0.236 e. The summed E-state index contributed by atoms with van der Waals surface area (Å²) >= 11 is 4.36. The molecule has 2 heterocycles. The number of aryl methyl sites for hydroxylation is 1. The Labute approximate surface area is 210 Å². The number of para-hydroxylation sites is 1. The number of nitrogens with zero attached hydrogens (tertiary/aromatic N) is 5. The molecule has 0 fully saturated rings. The van der Waals surface area contributed by atoms with E-state index in [9.17, 15) is 4.79 Å². The minimum atomic E-state index is -0.169. The van der Waals surface area contributed by atoms with Crippen molar-refractivity contribution < 1.29 is 9.53 Å². The quantitative estimate of drug-likeness (QED) is 0.166. The van der Waals surface area contributed by atoms with Crippen LogP contribution < -0.4 is 5.32 Å². The van der Waals surface area contributed by atoms with Crippen molar-refractivity contribution in [3.8, 4) is 5.69 Å². The number of carbonyl (C=O) groups is 1. The number of benzene rings is 2. The van der Waals surface area contributed by atoms with Gasteiger partial charge in [0.15, 0.2) is 15.3 Å². The Hall–Kier alpha value is -2.73. The van der Waals surface area contributed by atoms with Crippen LogP contribution in [0, 0.1) is 0 Å². The zero-order valence-corrected chi connectivity index (χ0v) is 21.0. The van der Waals surface area contributed by atoms with E-state index < -0.39 is 0 Å². The molecule has 0 aliphatic heterocycles. The minimum absolute atomic E-state index is 0.169. The van der Waals surface area contributed by atoms with Crippen LogP contribution >= 0.6 is 34.9 Å². The first-order valence-electron chi connectivity index (χ1n) is 10.6. The Morgan fingerprint density at radius 1 is 1.00 bits per heavy atom. The maximum atomic E-state index is 12.5. The molecule has 34 heavy (non-hydrogen) atoms. The summed E-state index contributed by atoms with van der Waals surface area (Å²) < 4.78 is 7.99. The Kier molecular flexibility index (Phi) is 9.08. The zero-order valence-electron chi connectivity index (χ0n) is 18.6. The molecule has 0 aliphatic rings. The summed E-state index contributed by atoms with van der Waals surface area (Å²) in [5.41, 5.74) is 2.25. The van der Waals surface area contributed by atoms with Crippen molar-refractivity contribution in [2.24, 2.45) is 0 Å². The number of thioether (sulfide) groups is 2. The summed E-state index contributed by atoms with van der Waals surface area (Å²) in [6, 6.07) is 20.2. The second-order valence-electron chi connectivity index (χ2n) is 7.15. The highest BCUT2D eigenvalue weighted by Crippen LogP contribution is 2.27. The lowest BCUT2D eigenvalue weighted by Gasteiger charge is -2.09. The molecule has 11 heteroatoms. The van der Waals surface area contributed by atoms with Gasteiger partial charge in [-0.25, -0.2) is 0 Å². The molecule has 0 bridgehead atoms. The lowest BCUT2D eigenvalue weighted by Crippen LogP contribution is -2.14. The summed E-state index contributed by atoms with van der Waals surface area (Å²) in [4.78, 5) is 12.5. The number of amides is 1. The second kappa shape index (κ2) is 12.7. The molecule has 1 amide bonds. The molecular weight excluding hydrogens is 488 g/mol. The van der Waals surface area contributed by atoms with E-state index in [-0.39, 0.29) is 11.7 Å². The lowest BCUT2D eigenvalue weighted by molar-refractivity contribution is -0.113. The number of carbonyl (C=O) groups excluding carboxylic acids is 1. The zero-order chi connectivity index (χ0) is 23.6. The fourth-order valence-corrected chi connectivity index (χ4v) is 5.69. The van der Waals surface area contributed by atoms with Crippen molar-refractivity contribution >= 4 is 45.9 Å². The number of ether oxygens (including phenoxy) is 1. The highest BCUT2D eigenvalue weighted by molar-refractivity contribution is 8.01. The molecule has 8 nitrogen and oxygen atoms in total. The third kappa shape index (κ3) is 6.89. The molecule has 0 aliphatic carbocycles. The van der Waals surface area contributed by atoms with Gasteiger partial charge in [-0.2, -0.15) is 0 Å². The molecule has 2 aromatic carbocycles. The normalized spacial score (nSPS) is 11.0. The molecule has 0 radical (unpaired) electrons. The van der Waals surface area contributed by atoms with Crippen molar-refractivity contribution in [2.75, 3.05) is 23.9 Å². The molecule has 176 valence electrons. The molecule has 0 unspecified atom stereocenters. The smallest absolute Gasteiger partial charge is 0.236 e. The fraction of sp³-hybridized carbons (Fsp3) is 0.261. The van der Waals surface area contributed by atoms with E-state index in [4.69, 9.17) is 4.74 Å². The Balaban J connectivity index is 1.27. The standard InChI is InChI=1S/C23H24N6O2S3/c1-31-15-19-25-27-22(29(19)18-12-6-3-7-13-18)33-16-20(30)24-21-26-28-23(34-21)32-14-8-11-17-9-4-2-5-10-17/h2-7,9-10,12-13H,8,11,14-16H2,1H3,(H,24,26,30). The molecule has 4 aromatic rings. The van der Waals surface area contributed by atoms with E-state index in [1.165, 1.54) is 28.7 Å². The largest absolute Gasteiger partial charge is 0.377 e. The second-order valence-corrected chi connectivity index (χ2v) is 10.4. The maximum absolute atomic E-state index is 12.5. The Morgan fingerprint density at radius 3 is 2.53 bits per heavy atom. The average molecular weight is 513 g/mol. The number of anilines is 1. The molecule has 1 N–H and O–H groups in total. The van der Waals surface area contributed by atoms with Gasteiger partial charge in [-0.1, -0.05) is 83.4 Å². The topological polar surface area (TPSA) is 94.8 Å². The van der Waals surface area contributed by atoms with Crippen LogP contribution in [0.4, 0.5) is 5.13 Å². The predicted octanol–water partition coefficient (Wildman–Crippen LogP) is 4.72. The van der Waals surface area contributed by atoms with E-state index in [0.29, 0.717) is 22.7 Å². The van der Waals surface area contributed by atoms with Crippen LogP contribution in [-0.4, -0.2) is 49.5 Å². The summed E-state index contributed by atoms with van der Waals surface area (Å²) in [7, 11) is 1.61. The first-order chi connectivity index (χ1) is 16.7. The van der Waals surface area contributed by atoms with Crippen LogP contribution in [-0.2, 0) is 22.6 Å². The van der Waals surface area contributed by atoms with Crippen molar-refractivity contribution in [2.45, 2.75) is 28.9 Å². The lowest BCUT2D eigenvalue weighted by atomic mass is 10.1. The number of nitrogens with one attached hydrogen (secondary N) is 1. The van der Waals surface area contributed by atoms with Gasteiger partial charge in [-0.3, -0.25) is 14.7 Å². The molecular formula is C23H24N6O2S3. The third-order valence-corrected chi connectivity index (χ3v) is 7.64. The van der Waals surface area contributed by atoms with Crippen LogP contribution in [0.25, 0.3) is 5.69 Å². The summed E-state index contributed by atoms with van der Waals surface area (Å²) in [5.74, 6) is 1.64. The van der Waals surface area contributed by atoms with Crippen LogP contribution in [0.3, 0.4) is 0 Å². The highest BCUT2D eigenvalue weighted by atomic mass is 32.2. The molecule has 2 aromatic heterocycles. The first-order valence-corrected chi connectivity index (χ1v) is 13.4. The molecule has 0 saturated heterocycles. The summed E-state index contributed by atoms with van der Waals surface area (Å²) in [6.45, 7) is 0.325. The summed E-state index contributed by atoms with van der Waals surface area (Å²) in [5, 5.41) is 20.7. The van der Waals surface area contributed by atoms with Gasteiger partial charge in [0.2, 0.25) is 11.0 Å². The van der Waals surface area contributed by atoms with Crippen molar-refractivity contribution in [1.82, 2.24) is 25.0 Å². The molecule has 0 atom stereocenters. The third-order valence-electron chi connectivity index (χ3n) is 4.65. The van der Waals surface area contributed by atoms with Crippen LogP contribution in [0.1, 0.15) is 17.8 Å². The van der Waals surface area contributed by atoms with Crippen molar-refractivity contribution in [3.63, 3.8) is 0 Å². The molecule has 4 rings (SSSR count). The highest BCUT2D eigenvalue weighted by Gasteiger charge is 2.16. The number of aromatic nitrogens is 5. The van der Waals surface area contributed by atoms with Gasteiger partial charge < -0.3 is 4.74 Å². The van der Waals surface area contributed by atoms with E-state index >= 15 is 0 Å². The molecule has 0 spiro atoms. The van der Waals surface area contributed by atoms with E-state index in [1.54, 1.807) is 18.9 Å². The van der Waals surface area contributed by atoms with Crippen LogP contribution in [0.15, 0.2) is 70.2 Å². The van der Waals surface area contributed by atoms with Crippen LogP contribution in [0.2, 0.25) is 0 Å². The predicted molar refractivity (Wildman–Crippen MR) is 137 cm³/mol. The Bertz CT molecular complexity index is 1180. The Morgan fingerprint density at radius 2 is 1.76 bits per heavy atom. The SMILES string of the molecule is COCc1nnc(SCC(=O)Nc2nnc(SCCCc3ccccc3)s2)n1-c1ccccc1. The average Bonchev–Trinajstić information content (AvgIpc) is 3.48. The van der Waals surface area contributed by atoms with Crippen molar-refractivity contribution in [3.05, 3.63) is 72.1 Å². The number of rotatable bonds is 12. The number of methoxy groups -OCH3 is 1. The van der Waals surface area contributed by atoms with Gasteiger partial charge in [0.25, 0.3) is 0 Å². The molecule has 0 saturated carbocycles. The van der Waals surface area contributed by atoms with Gasteiger partial charge in [-0.05, 0) is 30.5 Å². The van der Waals surface area contributed by atoms with Crippen LogP contribution in [0.5, 0.6) is 0 Å². The van der Waals surface area contributed by atoms with Gasteiger partial charge in [0, 0.05) is 18.6 Å². The monoisotopic (exact) mass is 512 g/mol. The first kappa shape index (κ1) is 24.4. The van der Waals surface area contributed by atoms with Gasteiger partial charge in [0.05, 0.1) is 5.75 Å². The van der Waals surface area contributed by atoms with Gasteiger partial charge in [0.1, 0.15) is 6.61 Å². The van der Waals surface area contributed by atoms with E-state index in [2.05, 4.69) is 50.0 Å². The summed E-state index contributed by atoms with van der Waals surface area (Å²) in [6.07, 6.45) is 2.09.